The van der Waals surface area contributed by atoms with Crippen molar-refractivity contribution in [2.24, 2.45) is 39.7 Å². The number of aliphatic hydroxyl groups is 2. The molecule has 0 radical (unpaired) electrons. The molecule has 4 N–H and O–H groups in total. The van der Waals surface area contributed by atoms with Crippen LogP contribution in [0.5, 0.6) is 0 Å². The van der Waals surface area contributed by atoms with Gasteiger partial charge in [0.1, 0.15) is 11.9 Å². The fraction of sp³-hybridized carbons (Fsp3) is 0.852. The summed E-state index contributed by atoms with van der Waals surface area (Å²) in [7, 11) is 0. The van der Waals surface area contributed by atoms with E-state index in [4.69, 9.17) is 10.5 Å². The van der Waals surface area contributed by atoms with Crippen LogP contribution in [-0.4, -0.2) is 57.3 Å². The molecule has 4 saturated carbocycles. The summed E-state index contributed by atoms with van der Waals surface area (Å²) >= 11 is 1.38. The first-order chi connectivity index (χ1) is 15.8. The predicted molar refractivity (Wildman–Crippen MR) is 134 cm³/mol. The van der Waals surface area contributed by atoms with Gasteiger partial charge in [-0.1, -0.05) is 33.8 Å². The molecule has 0 saturated heterocycles. The second kappa shape index (κ2) is 8.89. The highest BCUT2D eigenvalue weighted by atomic mass is 32.2. The number of ketones is 1. The van der Waals surface area contributed by atoms with Crippen molar-refractivity contribution in [1.29, 1.82) is 0 Å². The van der Waals surface area contributed by atoms with Crippen molar-refractivity contribution in [3.8, 4) is 0 Å². The molecule has 0 amide bonds. The van der Waals surface area contributed by atoms with Gasteiger partial charge in [-0.15, -0.1) is 18.3 Å². The highest BCUT2D eigenvalue weighted by Crippen LogP contribution is 2.68. The molecule has 0 aromatic carbocycles. The van der Waals surface area contributed by atoms with Crippen LogP contribution in [-0.2, 0) is 14.3 Å². The first-order valence-electron chi connectivity index (χ1n) is 12.9. The van der Waals surface area contributed by atoms with E-state index in [-0.39, 0.29) is 46.7 Å². The van der Waals surface area contributed by atoms with Crippen molar-refractivity contribution in [3.63, 3.8) is 0 Å². The fourth-order valence-corrected chi connectivity index (χ4v) is 9.01. The van der Waals surface area contributed by atoms with E-state index in [0.717, 1.165) is 19.3 Å². The zero-order valence-electron chi connectivity index (χ0n) is 21.2. The van der Waals surface area contributed by atoms with Crippen LogP contribution in [0.3, 0.4) is 0 Å². The third kappa shape index (κ3) is 3.99. The van der Waals surface area contributed by atoms with E-state index < -0.39 is 28.6 Å². The molecule has 34 heavy (non-hydrogen) atoms. The predicted octanol–water partition coefficient (Wildman–Crippen LogP) is 3.48. The number of esters is 1. The topological polar surface area (TPSA) is 110 Å². The van der Waals surface area contributed by atoms with Crippen molar-refractivity contribution >= 4 is 23.5 Å². The molecule has 4 fully saturated rings. The van der Waals surface area contributed by atoms with E-state index in [1.807, 2.05) is 13.0 Å². The van der Waals surface area contributed by atoms with Crippen LogP contribution in [0.4, 0.5) is 0 Å². The second-order valence-electron chi connectivity index (χ2n) is 12.4. The molecule has 4 aliphatic rings. The number of aliphatic hydroxyl groups excluding tert-OH is 1. The van der Waals surface area contributed by atoms with Crippen LogP contribution in [0.1, 0.15) is 72.6 Å². The third-order valence-corrected chi connectivity index (χ3v) is 11.6. The largest absolute Gasteiger partial charge is 0.461 e. The van der Waals surface area contributed by atoms with Gasteiger partial charge in [-0.2, -0.15) is 0 Å². The number of ether oxygens (including phenoxy) is 1. The Bertz CT molecular complexity index is 843. The van der Waals surface area contributed by atoms with Gasteiger partial charge >= 0.3 is 5.97 Å². The molecule has 0 aromatic heterocycles. The summed E-state index contributed by atoms with van der Waals surface area (Å²) in [6.45, 7) is 12.5. The first kappa shape index (κ1) is 26.2. The van der Waals surface area contributed by atoms with Crippen molar-refractivity contribution in [2.45, 2.75) is 96.5 Å². The molecule has 4 aliphatic carbocycles. The van der Waals surface area contributed by atoms with Gasteiger partial charge in [-0.05, 0) is 55.8 Å². The molecule has 0 aromatic rings. The Morgan fingerprint density at radius 1 is 1.26 bits per heavy atom. The van der Waals surface area contributed by atoms with Crippen molar-refractivity contribution in [2.75, 3.05) is 11.5 Å². The lowest BCUT2D eigenvalue weighted by atomic mass is 9.44. The van der Waals surface area contributed by atoms with E-state index in [2.05, 4.69) is 27.4 Å². The summed E-state index contributed by atoms with van der Waals surface area (Å²) in [4.78, 5) is 26.5. The highest BCUT2D eigenvalue weighted by Gasteiger charge is 2.68. The van der Waals surface area contributed by atoms with E-state index in [1.54, 1.807) is 0 Å². The number of Topliss-reactive ketones (excluding diaryl/α,β-unsaturated/α-hetero) is 1. The number of carbonyl (C=O) groups excluding carboxylic acids is 2. The molecular weight excluding hydrogens is 450 g/mol. The molecule has 192 valence electrons. The Morgan fingerprint density at radius 2 is 1.94 bits per heavy atom. The zero-order valence-corrected chi connectivity index (χ0v) is 22.0. The van der Waals surface area contributed by atoms with Crippen LogP contribution in [0.15, 0.2) is 12.7 Å². The SMILES string of the molecule is C=C[C@]1(C)C[C@@H](OC(=O)CSCC2(O)CC(N)C2)[C@]2(C)C(C)CC[C@]3(CCC(=O)C32)[C@@H](C)[C@@H]1O. The normalized spacial score (nSPS) is 50.5. The molecule has 2 unspecified atom stereocenters. The van der Waals surface area contributed by atoms with Gasteiger partial charge in [0, 0.05) is 35.0 Å². The van der Waals surface area contributed by atoms with Crippen LogP contribution in [0, 0.1) is 34.0 Å². The summed E-state index contributed by atoms with van der Waals surface area (Å²) in [6, 6.07) is 0.0369. The van der Waals surface area contributed by atoms with Crippen molar-refractivity contribution in [3.05, 3.63) is 12.7 Å². The van der Waals surface area contributed by atoms with Gasteiger partial charge in [0.25, 0.3) is 0 Å². The maximum Gasteiger partial charge on any atom is 0.316 e. The summed E-state index contributed by atoms with van der Waals surface area (Å²) in [5.41, 5.74) is 3.63. The van der Waals surface area contributed by atoms with Gasteiger partial charge in [-0.3, -0.25) is 9.59 Å². The molecule has 4 rings (SSSR count). The number of hydrogen-bond acceptors (Lipinski definition) is 7. The third-order valence-electron chi connectivity index (χ3n) is 10.5. The Hall–Kier alpha value is -0.890. The number of carbonyl (C=O) groups is 2. The van der Waals surface area contributed by atoms with Crippen molar-refractivity contribution in [1.82, 2.24) is 0 Å². The maximum absolute atomic E-state index is 13.4. The van der Waals surface area contributed by atoms with E-state index in [9.17, 15) is 19.8 Å². The monoisotopic (exact) mass is 493 g/mol. The lowest BCUT2D eigenvalue weighted by Gasteiger charge is -2.61. The zero-order chi connectivity index (χ0) is 25.1. The summed E-state index contributed by atoms with van der Waals surface area (Å²) < 4.78 is 6.23. The average molecular weight is 494 g/mol. The van der Waals surface area contributed by atoms with Gasteiger partial charge in [0.2, 0.25) is 0 Å². The van der Waals surface area contributed by atoms with Crippen LogP contribution < -0.4 is 5.73 Å². The fourth-order valence-electron chi connectivity index (χ4n) is 8.05. The van der Waals surface area contributed by atoms with Gasteiger partial charge in [0.05, 0.1) is 17.5 Å². The van der Waals surface area contributed by atoms with Gasteiger partial charge < -0.3 is 20.7 Å². The minimum Gasteiger partial charge on any atom is -0.461 e. The smallest absolute Gasteiger partial charge is 0.316 e. The Morgan fingerprint density at radius 3 is 2.56 bits per heavy atom. The minimum absolute atomic E-state index is 0.0369. The molecule has 2 bridgehead atoms. The summed E-state index contributed by atoms with van der Waals surface area (Å²) in [6.07, 6.45) is 5.43. The number of nitrogens with two attached hydrogens (primary N) is 1. The van der Waals surface area contributed by atoms with Crippen LogP contribution in [0.2, 0.25) is 0 Å². The summed E-state index contributed by atoms with van der Waals surface area (Å²) in [5, 5.41) is 22.0. The molecule has 0 heterocycles. The lowest BCUT2D eigenvalue weighted by Crippen LogP contribution is -2.63. The number of rotatable bonds is 6. The molecular formula is C27H43NO5S. The molecule has 0 aliphatic heterocycles. The molecule has 6 nitrogen and oxygen atoms in total. The quantitative estimate of drug-likeness (QED) is 0.384. The van der Waals surface area contributed by atoms with E-state index >= 15 is 0 Å². The Balaban J connectivity index is 1.61. The Kier molecular flexibility index (Phi) is 6.85. The molecule has 7 heteroatoms. The minimum atomic E-state index is -0.786. The van der Waals surface area contributed by atoms with Crippen molar-refractivity contribution < 1.29 is 24.5 Å². The Labute approximate surface area is 208 Å². The maximum atomic E-state index is 13.4. The first-order valence-corrected chi connectivity index (χ1v) is 14.1. The highest BCUT2D eigenvalue weighted by molar-refractivity contribution is 8.00. The van der Waals surface area contributed by atoms with E-state index in [1.165, 1.54) is 11.8 Å². The molecule has 8 atom stereocenters. The standard InChI is InChI=1S/C27H43NO5S/c1-6-24(4)13-20(33-21(30)14-34-15-26(32)11-18(28)12-26)25(5)16(2)7-9-27(17(3)23(24)31)10-8-19(29)22(25)27/h6,16-18,20,22-23,31-32H,1,7-15,28H2,2-5H3/t16?,17-,18?,20+,22?,23-,24+,25-,26?,27-/m0/s1. The molecule has 0 spiro atoms. The lowest BCUT2D eigenvalue weighted by molar-refractivity contribution is -0.205. The van der Waals surface area contributed by atoms with Crippen LogP contribution in [0.25, 0.3) is 0 Å². The van der Waals surface area contributed by atoms with E-state index in [0.29, 0.717) is 31.4 Å². The average Bonchev–Trinajstić information content (AvgIpc) is 3.11. The summed E-state index contributed by atoms with van der Waals surface area (Å²) in [5.74, 6) is 0.490. The van der Waals surface area contributed by atoms with Crippen LogP contribution >= 0.6 is 11.8 Å². The number of thioether (sulfide) groups is 1. The van der Waals surface area contributed by atoms with Gasteiger partial charge in [0.15, 0.2) is 0 Å². The number of hydrogen-bond donors (Lipinski definition) is 3. The van der Waals surface area contributed by atoms with Gasteiger partial charge in [-0.25, -0.2) is 0 Å². The second-order valence-corrected chi connectivity index (χ2v) is 13.4.